The van der Waals surface area contributed by atoms with E-state index in [1.54, 1.807) is 19.2 Å². The lowest BCUT2D eigenvalue weighted by Crippen LogP contribution is -2.11. The van der Waals surface area contributed by atoms with Gasteiger partial charge in [-0.1, -0.05) is 41.4 Å². The molecule has 0 aliphatic heterocycles. The number of nitrogens with one attached hydrogen (secondary N) is 1. The Morgan fingerprint density at radius 2 is 1.86 bits per heavy atom. The summed E-state index contributed by atoms with van der Waals surface area (Å²) in [4.78, 5) is 22.2. The van der Waals surface area contributed by atoms with E-state index in [0.717, 1.165) is 27.3 Å². The van der Waals surface area contributed by atoms with E-state index in [2.05, 4.69) is 4.98 Å². The van der Waals surface area contributed by atoms with Crippen LogP contribution in [0.25, 0.3) is 21.3 Å². The minimum atomic E-state index is -0.154. The summed E-state index contributed by atoms with van der Waals surface area (Å²) in [7, 11) is 1.63. The molecule has 28 heavy (non-hydrogen) atoms. The molecule has 0 spiro atoms. The van der Waals surface area contributed by atoms with Crippen LogP contribution < -0.4 is 10.3 Å². The SMILES string of the molecule is COc1ccc(Cc2nc3sc(C)c(-c4ccc(Cl)c(Cl)c4)c3c(=O)[nH]2)cc1. The zero-order valence-corrected chi connectivity index (χ0v) is 17.5. The predicted octanol–water partition coefficient (Wildman–Crippen LogP) is 5.87. The number of fused-ring (bicyclic) bond motifs is 1. The molecule has 7 heteroatoms. The number of hydrogen-bond acceptors (Lipinski definition) is 4. The molecule has 0 aliphatic carbocycles. The summed E-state index contributed by atoms with van der Waals surface area (Å²) < 4.78 is 5.18. The highest BCUT2D eigenvalue weighted by atomic mass is 35.5. The number of aryl methyl sites for hydroxylation is 1. The number of rotatable bonds is 4. The van der Waals surface area contributed by atoms with Crippen molar-refractivity contribution in [1.82, 2.24) is 9.97 Å². The van der Waals surface area contributed by atoms with Gasteiger partial charge in [-0.3, -0.25) is 4.79 Å². The third-order valence-corrected chi connectivity index (χ3v) is 6.26. The van der Waals surface area contributed by atoms with E-state index in [4.69, 9.17) is 32.9 Å². The molecule has 0 saturated carbocycles. The van der Waals surface area contributed by atoms with Gasteiger partial charge in [0.15, 0.2) is 0 Å². The molecule has 0 radical (unpaired) electrons. The van der Waals surface area contributed by atoms with Crippen LogP contribution in [0.3, 0.4) is 0 Å². The number of hydrogen-bond donors (Lipinski definition) is 1. The summed E-state index contributed by atoms with van der Waals surface area (Å²) in [6.07, 6.45) is 0.536. The van der Waals surface area contributed by atoms with Gasteiger partial charge in [-0.2, -0.15) is 0 Å². The van der Waals surface area contributed by atoms with Gasteiger partial charge in [0.2, 0.25) is 0 Å². The number of aromatic amines is 1. The molecule has 1 N–H and O–H groups in total. The first kappa shape index (κ1) is 19.0. The molecule has 4 rings (SSSR count). The number of nitrogens with zero attached hydrogens (tertiary/aromatic N) is 1. The fourth-order valence-corrected chi connectivity index (χ4v) is 4.55. The molecule has 0 fully saturated rings. The third-order valence-electron chi connectivity index (χ3n) is 4.53. The van der Waals surface area contributed by atoms with Gasteiger partial charge < -0.3 is 9.72 Å². The molecule has 0 atom stereocenters. The van der Waals surface area contributed by atoms with Gasteiger partial charge in [-0.25, -0.2) is 4.98 Å². The maximum absolute atomic E-state index is 12.9. The fourth-order valence-electron chi connectivity index (χ4n) is 3.18. The van der Waals surface area contributed by atoms with Crippen LogP contribution in [0.2, 0.25) is 10.0 Å². The predicted molar refractivity (Wildman–Crippen MR) is 116 cm³/mol. The Bertz CT molecular complexity index is 1230. The van der Waals surface area contributed by atoms with Crippen molar-refractivity contribution >= 4 is 44.8 Å². The average molecular weight is 431 g/mol. The Morgan fingerprint density at radius 3 is 2.54 bits per heavy atom. The Morgan fingerprint density at radius 1 is 1.11 bits per heavy atom. The third kappa shape index (κ3) is 3.53. The number of methoxy groups -OCH3 is 1. The van der Waals surface area contributed by atoms with E-state index in [-0.39, 0.29) is 5.56 Å². The molecule has 2 aromatic carbocycles. The van der Waals surface area contributed by atoms with Crippen LogP contribution in [0.15, 0.2) is 47.3 Å². The highest BCUT2D eigenvalue weighted by Crippen LogP contribution is 2.37. The number of aromatic nitrogens is 2. The lowest BCUT2D eigenvalue weighted by molar-refractivity contribution is 0.414. The van der Waals surface area contributed by atoms with Crippen molar-refractivity contribution in [3.8, 4) is 16.9 Å². The van der Waals surface area contributed by atoms with Gasteiger partial charge in [0.05, 0.1) is 22.5 Å². The number of ether oxygens (including phenoxy) is 1. The summed E-state index contributed by atoms with van der Waals surface area (Å²) >= 11 is 13.7. The first-order valence-electron chi connectivity index (χ1n) is 8.57. The molecule has 4 aromatic rings. The van der Waals surface area contributed by atoms with E-state index in [1.807, 2.05) is 37.3 Å². The summed E-state index contributed by atoms with van der Waals surface area (Å²) in [5.74, 6) is 1.42. The van der Waals surface area contributed by atoms with E-state index in [1.165, 1.54) is 11.3 Å². The molecule has 0 saturated heterocycles. The smallest absolute Gasteiger partial charge is 0.260 e. The maximum Gasteiger partial charge on any atom is 0.260 e. The second kappa shape index (κ2) is 7.59. The van der Waals surface area contributed by atoms with Crippen LogP contribution >= 0.6 is 34.5 Å². The molecule has 2 heterocycles. The molecule has 2 aromatic heterocycles. The van der Waals surface area contributed by atoms with E-state index >= 15 is 0 Å². The Balaban J connectivity index is 1.77. The van der Waals surface area contributed by atoms with Crippen LogP contribution in [0.1, 0.15) is 16.3 Å². The van der Waals surface area contributed by atoms with Crippen LogP contribution in [-0.2, 0) is 6.42 Å². The molecule has 0 unspecified atom stereocenters. The zero-order chi connectivity index (χ0) is 19.8. The summed E-state index contributed by atoms with van der Waals surface area (Å²) in [5.41, 5.74) is 2.59. The summed E-state index contributed by atoms with van der Waals surface area (Å²) in [5, 5.41) is 1.52. The monoisotopic (exact) mass is 430 g/mol. The van der Waals surface area contributed by atoms with Crippen LogP contribution in [0.4, 0.5) is 0 Å². The largest absolute Gasteiger partial charge is 0.497 e. The Hall–Kier alpha value is -2.34. The minimum absolute atomic E-state index is 0.154. The standard InChI is InChI=1S/C21H16Cl2N2O2S/c1-11-18(13-5-8-15(22)16(23)10-13)19-20(26)24-17(25-21(19)28-11)9-12-3-6-14(27-2)7-4-12/h3-8,10H,9H2,1-2H3,(H,24,25,26). The van der Waals surface area contributed by atoms with Crippen molar-refractivity contribution in [1.29, 1.82) is 0 Å². The first-order valence-corrected chi connectivity index (χ1v) is 10.1. The minimum Gasteiger partial charge on any atom is -0.497 e. The average Bonchev–Trinajstić information content (AvgIpc) is 3.01. The maximum atomic E-state index is 12.9. The van der Waals surface area contributed by atoms with Gasteiger partial charge in [-0.05, 0) is 42.3 Å². The van der Waals surface area contributed by atoms with Crippen molar-refractivity contribution in [2.24, 2.45) is 0 Å². The van der Waals surface area contributed by atoms with Crippen molar-refractivity contribution < 1.29 is 4.74 Å². The summed E-state index contributed by atoms with van der Waals surface area (Å²) in [6.45, 7) is 1.98. The summed E-state index contributed by atoms with van der Waals surface area (Å²) in [6, 6.07) is 13.1. The van der Waals surface area contributed by atoms with Crippen LogP contribution in [0, 0.1) is 6.92 Å². The van der Waals surface area contributed by atoms with Crippen LogP contribution in [-0.4, -0.2) is 17.1 Å². The Kier molecular flexibility index (Phi) is 5.15. The quantitative estimate of drug-likeness (QED) is 0.440. The van der Waals surface area contributed by atoms with Crippen molar-refractivity contribution in [3.05, 3.63) is 79.1 Å². The zero-order valence-electron chi connectivity index (χ0n) is 15.2. The van der Waals surface area contributed by atoms with E-state index in [9.17, 15) is 4.79 Å². The topological polar surface area (TPSA) is 55.0 Å². The number of H-pyrrole nitrogens is 1. The molecule has 0 aliphatic rings. The molecule has 142 valence electrons. The number of halogens is 2. The molecular formula is C21H16Cl2N2O2S. The first-order chi connectivity index (χ1) is 13.5. The van der Waals surface area contributed by atoms with Gasteiger partial charge >= 0.3 is 0 Å². The van der Waals surface area contributed by atoms with Crippen LogP contribution in [0.5, 0.6) is 5.75 Å². The van der Waals surface area contributed by atoms with Crippen molar-refractivity contribution in [2.75, 3.05) is 7.11 Å². The van der Waals surface area contributed by atoms with Crippen molar-refractivity contribution in [2.45, 2.75) is 13.3 Å². The fraction of sp³-hybridized carbons (Fsp3) is 0.143. The van der Waals surface area contributed by atoms with Gasteiger partial charge in [0, 0.05) is 16.9 Å². The van der Waals surface area contributed by atoms with Gasteiger partial charge in [0.1, 0.15) is 16.4 Å². The number of benzene rings is 2. The molecule has 0 amide bonds. The lowest BCUT2D eigenvalue weighted by Gasteiger charge is -2.05. The molecule has 4 nitrogen and oxygen atoms in total. The highest BCUT2D eigenvalue weighted by Gasteiger charge is 2.17. The molecule has 0 bridgehead atoms. The lowest BCUT2D eigenvalue weighted by atomic mass is 10.0. The highest BCUT2D eigenvalue weighted by molar-refractivity contribution is 7.19. The molecular weight excluding hydrogens is 415 g/mol. The van der Waals surface area contributed by atoms with E-state index in [0.29, 0.717) is 32.5 Å². The second-order valence-corrected chi connectivity index (χ2v) is 8.40. The second-order valence-electron chi connectivity index (χ2n) is 6.38. The van der Waals surface area contributed by atoms with E-state index < -0.39 is 0 Å². The van der Waals surface area contributed by atoms with Crippen molar-refractivity contribution in [3.63, 3.8) is 0 Å². The number of thiophene rings is 1. The normalized spacial score (nSPS) is 11.1. The Labute approximate surface area is 175 Å². The van der Waals surface area contributed by atoms with Gasteiger partial charge in [0.25, 0.3) is 5.56 Å². The van der Waals surface area contributed by atoms with Gasteiger partial charge in [-0.15, -0.1) is 11.3 Å².